The van der Waals surface area contributed by atoms with Crippen molar-refractivity contribution in [2.24, 2.45) is 0 Å². The normalized spacial score (nSPS) is 10.4. The minimum atomic E-state index is -0.340. The Morgan fingerprint density at radius 2 is 1.69 bits per heavy atom. The molecule has 0 radical (unpaired) electrons. The van der Waals surface area contributed by atoms with Crippen LogP contribution in [-0.2, 0) is 22.4 Å². The van der Waals surface area contributed by atoms with Crippen molar-refractivity contribution in [1.29, 1.82) is 0 Å². The van der Waals surface area contributed by atoms with Gasteiger partial charge in [0, 0.05) is 44.7 Å². The number of hydrogen-bond acceptors (Lipinski definition) is 6. The summed E-state index contributed by atoms with van der Waals surface area (Å²) in [6.07, 6.45) is 5.89. The molecule has 7 nitrogen and oxygen atoms in total. The molecule has 32 heavy (non-hydrogen) atoms. The van der Waals surface area contributed by atoms with Crippen molar-refractivity contribution in [2.45, 2.75) is 33.1 Å². The first-order chi connectivity index (χ1) is 15.5. The van der Waals surface area contributed by atoms with E-state index in [2.05, 4.69) is 10.3 Å². The van der Waals surface area contributed by atoms with Crippen molar-refractivity contribution >= 4 is 28.9 Å². The topological polar surface area (TPSA) is 88.6 Å². The first-order valence-electron chi connectivity index (χ1n) is 10.8. The number of hydrogen-bond donors (Lipinski definition) is 1. The molecular weight excluding hydrogens is 426 g/mol. The maximum absolute atomic E-state index is 12.7. The molecular formula is C24H31N3O4S. The van der Waals surface area contributed by atoms with E-state index in [1.54, 1.807) is 36.4 Å². The zero-order valence-electron chi connectivity index (χ0n) is 18.7. The number of benzene rings is 1. The number of ether oxygens (including phenoxy) is 1. The van der Waals surface area contributed by atoms with Crippen LogP contribution < -0.4 is 5.32 Å². The van der Waals surface area contributed by atoms with Gasteiger partial charge in [0.1, 0.15) is 0 Å². The number of nitrogens with one attached hydrogen (secondary N) is 1. The lowest BCUT2D eigenvalue weighted by Gasteiger charge is -2.23. The molecule has 2 aromatic rings. The fourth-order valence-electron chi connectivity index (χ4n) is 3.05. The molecule has 2 rings (SSSR count). The lowest BCUT2D eigenvalue weighted by molar-refractivity contribution is -0.109. The number of esters is 1. The van der Waals surface area contributed by atoms with Crippen LogP contribution in [0.2, 0.25) is 0 Å². The van der Waals surface area contributed by atoms with Crippen LogP contribution in [0.4, 0.5) is 4.79 Å². The van der Waals surface area contributed by atoms with E-state index < -0.39 is 0 Å². The Bertz CT molecular complexity index is 859. The van der Waals surface area contributed by atoms with E-state index in [9.17, 15) is 14.4 Å². The van der Waals surface area contributed by atoms with Gasteiger partial charge >= 0.3 is 12.0 Å². The molecule has 1 heterocycles. The van der Waals surface area contributed by atoms with E-state index in [0.717, 1.165) is 18.4 Å². The molecule has 0 aliphatic carbocycles. The van der Waals surface area contributed by atoms with E-state index >= 15 is 0 Å². The highest BCUT2D eigenvalue weighted by Crippen LogP contribution is 2.09. The third kappa shape index (κ3) is 9.51. The van der Waals surface area contributed by atoms with E-state index in [1.807, 2.05) is 24.3 Å². The molecule has 0 fully saturated rings. The average molecular weight is 458 g/mol. The highest BCUT2D eigenvalue weighted by molar-refractivity contribution is 8.13. The second-order valence-corrected chi connectivity index (χ2v) is 8.46. The summed E-state index contributed by atoms with van der Waals surface area (Å²) in [5.41, 5.74) is 2.72. The number of aryl methyl sites for hydroxylation is 1. The van der Waals surface area contributed by atoms with Gasteiger partial charge in [-0.15, -0.1) is 0 Å². The van der Waals surface area contributed by atoms with E-state index in [0.29, 0.717) is 44.0 Å². The number of rotatable bonds is 12. The van der Waals surface area contributed by atoms with Crippen LogP contribution in [0.5, 0.6) is 0 Å². The Morgan fingerprint density at radius 3 is 2.34 bits per heavy atom. The number of aromatic nitrogens is 1. The van der Waals surface area contributed by atoms with Crippen LogP contribution in [0, 0.1) is 0 Å². The molecule has 0 saturated heterocycles. The third-order valence-electron chi connectivity index (χ3n) is 4.76. The molecule has 0 atom stereocenters. The summed E-state index contributed by atoms with van der Waals surface area (Å²) in [6, 6.07) is 11.0. The van der Waals surface area contributed by atoms with Gasteiger partial charge in [-0.2, -0.15) is 0 Å². The molecule has 2 amide bonds. The number of nitrogens with zero attached hydrogens (tertiary/aromatic N) is 2. The Kier molecular flexibility index (Phi) is 11.3. The van der Waals surface area contributed by atoms with Crippen LogP contribution in [0.3, 0.4) is 0 Å². The van der Waals surface area contributed by atoms with Crippen LogP contribution in [-0.4, -0.2) is 59.0 Å². The Balaban J connectivity index is 1.85. The lowest BCUT2D eigenvalue weighted by atomic mass is 10.1. The maximum atomic E-state index is 12.7. The summed E-state index contributed by atoms with van der Waals surface area (Å²) in [6.45, 7) is 5.22. The smallest absolute Gasteiger partial charge is 0.338 e. The fraction of sp³-hybridized carbons (Fsp3) is 0.417. The standard InChI is InChI=1S/C24H31N3O4S/c1-3-31-23(29)22-8-6-21(7-9-22)12-16-27(17-18-32-19(2)28)24(30)26-13-4-5-20-10-14-25-15-11-20/h6-11,14-15H,3-5,12-13,16-18H2,1-2H3,(H,26,30). The average Bonchev–Trinajstić information content (AvgIpc) is 2.80. The molecule has 1 N–H and O–H groups in total. The van der Waals surface area contributed by atoms with Gasteiger partial charge in [-0.3, -0.25) is 9.78 Å². The van der Waals surface area contributed by atoms with Crippen LogP contribution in [0.15, 0.2) is 48.8 Å². The largest absolute Gasteiger partial charge is 0.462 e. The highest BCUT2D eigenvalue weighted by Gasteiger charge is 2.14. The fourth-order valence-corrected chi connectivity index (χ4v) is 3.65. The molecule has 0 aliphatic heterocycles. The summed E-state index contributed by atoms with van der Waals surface area (Å²) in [7, 11) is 0. The number of amides is 2. The lowest BCUT2D eigenvalue weighted by Crippen LogP contribution is -2.42. The van der Waals surface area contributed by atoms with Crippen molar-refractivity contribution in [2.75, 3.05) is 32.0 Å². The zero-order valence-corrected chi connectivity index (χ0v) is 19.5. The molecule has 172 valence electrons. The molecule has 1 aromatic heterocycles. The predicted octanol–water partition coefficient (Wildman–Crippen LogP) is 3.72. The molecule has 8 heteroatoms. The van der Waals surface area contributed by atoms with Crippen LogP contribution in [0.25, 0.3) is 0 Å². The Morgan fingerprint density at radius 1 is 1.00 bits per heavy atom. The van der Waals surface area contributed by atoms with Crippen molar-refractivity contribution < 1.29 is 19.1 Å². The van der Waals surface area contributed by atoms with Gasteiger partial charge in [-0.05, 0) is 61.6 Å². The molecule has 0 bridgehead atoms. The first-order valence-corrected chi connectivity index (χ1v) is 11.8. The number of thioether (sulfide) groups is 1. The summed E-state index contributed by atoms with van der Waals surface area (Å²) in [5.74, 6) is 0.217. The minimum Gasteiger partial charge on any atom is -0.462 e. The Hall–Kier alpha value is -2.87. The highest BCUT2D eigenvalue weighted by atomic mass is 32.2. The third-order valence-corrected chi connectivity index (χ3v) is 5.55. The summed E-state index contributed by atoms with van der Waals surface area (Å²) in [4.78, 5) is 41.5. The maximum Gasteiger partial charge on any atom is 0.338 e. The van der Waals surface area contributed by atoms with Gasteiger partial charge in [0.25, 0.3) is 0 Å². The summed E-state index contributed by atoms with van der Waals surface area (Å²) < 4.78 is 5.00. The molecule has 0 spiro atoms. The quantitative estimate of drug-likeness (QED) is 0.386. The molecule has 1 aromatic carbocycles. The van der Waals surface area contributed by atoms with Gasteiger partial charge in [-0.1, -0.05) is 23.9 Å². The second kappa shape index (κ2) is 14.2. The van der Waals surface area contributed by atoms with Gasteiger partial charge in [0.2, 0.25) is 0 Å². The number of carbonyl (C=O) groups is 3. The molecule has 0 aliphatic rings. The van der Waals surface area contributed by atoms with Crippen molar-refractivity contribution in [3.05, 3.63) is 65.5 Å². The van der Waals surface area contributed by atoms with E-state index in [-0.39, 0.29) is 17.1 Å². The first kappa shape index (κ1) is 25.4. The van der Waals surface area contributed by atoms with Crippen LogP contribution in [0.1, 0.15) is 41.8 Å². The second-order valence-electron chi connectivity index (χ2n) is 7.19. The number of pyridine rings is 1. The van der Waals surface area contributed by atoms with Crippen LogP contribution >= 0.6 is 11.8 Å². The summed E-state index contributed by atoms with van der Waals surface area (Å²) >= 11 is 1.22. The zero-order chi connectivity index (χ0) is 23.2. The van der Waals surface area contributed by atoms with Gasteiger partial charge in [0.15, 0.2) is 5.12 Å². The van der Waals surface area contributed by atoms with E-state index in [4.69, 9.17) is 4.74 Å². The van der Waals surface area contributed by atoms with Crippen molar-refractivity contribution in [3.63, 3.8) is 0 Å². The molecule has 0 unspecified atom stereocenters. The van der Waals surface area contributed by atoms with Gasteiger partial charge in [-0.25, -0.2) is 9.59 Å². The minimum absolute atomic E-state index is 0.0391. The number of carbonyl (C=O) groups excluding carboxylic acids is 3. The SMILES string of the molecule is CCOC(=O)c1ccc(CCN(CCSC(C)=O)C(=O)NCCCc2ccncc2)cc1. The summed E-state index contributed by atoms with van der Waals surface area (Å²) in [5, 5.41) is 3.02. The van der Waals surface area contributed by atoms with Crippen molar-refractivity contribution in [3.8, 4) is 0 Å². The Labute approximate surface area is 193 Å². The van der Waals surface area contributed by atoms with Gasteiger partial charge in [0.05, 0.1) is 12.2 Å². The number of urea groups is 1. The van der Waals surface area contributed by atoms with Gasteiger partial charge < -0.3 is 15.0 Å². The molecule has 0 saturated carbocycles. The predicted molar refractivity (Wildman–Crippen MR) is 127 cm³/mol. The monoisotopic (exact) mass is 457 g/mol. The van der Waals surface area contributed by atoms with E-state index in [1.165, 1.54) is 24.2 Å². The van der Waals surface area contributed by atoms with Crippen molar-refractivity contribution in [1.82, 2.24) is 15.2 Å².